The minimum absolute atomic E-state index is 0.0385. The molecule has 1 heterocycles. The number of hydrogen-bond acceptors (Lipinski definition) is 3. The molecule has 0 aromatic heterocycles. The van der Waals surface area contributed by atoms with Crippen LogP contribution in [-0.4, -0.2) is 13.7 Å². The third kappa shape index (κ3) is 2.47. The van der Waals surface area contributed by atoms with Crippen LogP contribution in [0.4, 0.5) is 4.39 Å². The molecule has 0 bridgehead atoms. The van der Waals surface area contributed by atoms with Gasteiger partial charge in [0.05, 0.1) is 13.7 Å². The first kappa shape index (κ1) is 13.9. The van der Waals surface area contributed by atoms with Crippen molar-refractivity contribution in [3.8, 4) is 11.5 Å². The van der Waals surface area contributed by atoms with Crippen molar-refractivity contribution in [2.24, 2.45) is 5.73 Å². The van der Waals surface area contributed by atoms with Crippen LogP contribution in [-0.2, 0) is 0 Å². The van der Waals surface area contributed by atoms with E-state index in [0.717, 1.165) is 17.7 Å². The van der Waals surface area contributed by atoms with Gasteiger partial charge in [0.15, 0.2) is 11.6 Å². The van der Waals surface area contributed by atoms with Crippen LogP contribution in [0.25, 0.3) is 0 Å². The summed E-state index contributed by atoms with van der Waals surface area (Å²) in [6, 6.07) is 12.5. The van der Waals surface area contributed by atoms with Crippen molar-refractivity contribution in [2.75, 3.05) is 13.7 Å². The second-order valence-electron chi connectivity index (χ2n) is 5.17. The number of benzene rings is 2. The van der Waals surface area contributed by atoms with Crippen LogP contribution in [0.2, 0.25) is 0 Å². The molecule has 110 valence electrons. The molecule has 1 aliphatic rings. The van der Waals surface area contributed by atoms with E-state index < -0.39 is 6.04 Å². The van der Waals surface area contributed by atoms with E-state index in [1.165, 1.54) is 7.11 Å². The lowest BCUT2D eigenvalue weighted by Crippen LogP contribution is -2.26. The quantitative estimate of drug-likeness (QED) is 0.941. The van der Waals surface area contributed by atoms with E-state index in [1.54, 1.807) is 18.2 Å². The Hall–Kier alpha value is -2.07. The summed E-state index contributed by atoms with van der Waals surface area (Å²) in [5.74, 6) is 0.726. The Labute approximate surface area is 123 Å². The van der Waals surface area contributed by atoms with Gasteiger partial charge in [-0.3, -0.25) is 0 Å². The normalized spacial score (nSPS) is 18.5. The van der Waals surface area contributed by atoms with Gasteiger partial charge in [0, 0.05) is 17.5 Å². The Morgan fingerprint density at radius 1 is 1.24 bits per heavy atom. The van der Waals surface area contributed by atoms with Gasteiger partial charge < -0.3 is 15.2 Å². The Balaban J connectivity index is 1.98. The van der Waals surface area contributed by atoms with E-state index in [4.69, 9.17) is 15.2 Å². The van der Waals surface area contributed by atoms with Crippen molar-refractivity contribution in [2.45, 2.75) is 18.4 Å². The highest BCUT2D eigenvalue weighted by Gasteiger charge is 2.29. The van der Waals surface area contributed by atoms with E-state index in [1.807, 2.05) is 24.3 Å². The fourth-order valence-electron chi connectivity index (χ4n) is 2.90. The summed E-state index contributed by atoms with van der Waals surface area (Å²) in [5.41, 5.74) is 7.88. The highest BCUT2D eigenvalue weighted by atomic mass is 19.1. The molecule has 0 spiro atoms. The van der Waals surface area contributed by atoms with Gasteiger partial charge in [-0.15, -0.1) is 0 Å². The summed E-state index contributed by atoms with van der Waals surface area (Å²) in [6.45, 7) is 0.598. The van der Waals surface area contributed by atoms with Crippen molar-refractivity contribution in [1.29, 1.82) is 0 Å². The van der Waals surface area contributed by atoms with Gasteiger partial charge in [-0.05, 0) is 24.1 Å². The van der Waals surface area contributed by atoms with Gasteiger partial charge in [0.2, 0.25) is 0 Å². The van der Waals surface area contributed by atoms with E-state index >= 15 is 0 Å². The standard InChI is InChI=1S/C17H18FNO2/c1-20-15-8-4-6-13(16(15)18)17(19)12-9-10-21-14-7-3-2-5-11(12)14/h2-8,12,17H,9-10,19H2,1H3. The number of hydrogen-bond donors (Lipinski definition) is 1. The number of rotatable bonds is 3. The van der Waals surface area contributed by atoms with Crippen molar-refractivity contribution in [3.63, 3.8) is 0 Å². The second kappa shape index (κ2) is 5.74. The number of halogens is 1. The number of nitrogens with two attached hydrogens (primary N) is 1. The summed E-state index contributed by atoms with van der Waals surface area (Å²) < 4.78 is 25.1. The van der Waals surface area contributed by atoms with Crippen LogP contribution in [0.5, 0.6) is 11.5 Å². The maximum absolute atomic E-state index is 14.4. The molecule has 0 saturated carbocycles. The van der Waals surface area contributed by atoms with Crippen molar-refractivity contribution in [3.05, 3.63) is 59.4 Å². The Bertz CT molecular complexity index is 644. The molecule has 0 saturated heterocycles. The van der Waals surface area contributed by atoms with Crippen LogP contribution < -0.4 is 15.2 Å². The fourth-order valence-corrected chi connectivity index (χ4v) is 2.90. The largest absolute Gasteiger partial charge is 0.494 e. The Morgan fingerprint density at radius 3 is 2.86 bits per heavy atom. The summed E-state index contributed by atoms with van der Waals surface area (Å²) >= 11 is 0. The predicted molar refractivity (Wildman–Crippen MR) is 79.2 cm³/mol. The predicted octanol–water partition coefficient (Wildman–Crippen LogP) is 3.40. The lowest BCUT2D eigenvalue weighted by Gasteiger charge is -2.30. The fraction of sp³-hybridized carbons (Fsp3) is 0.294. The Kier molecular flexibility index (Phi) is 3.80. The maximum atomic E-state index is 14.4. The molecule has 1 aliphatic heterocycles. The minimum Gasteiger partial charge on any atom is -0.494 e. The summed E-state index contributed by atoms with van der Waals surface area (Å²) in [5, 5.41) is 0. The van der Waals surface area contributed by atoms with Gasteiger partial charge in [0.1, 0.15) is 5.75 Å². The van der Waals surface area contributed by atoms with Crippen LogP contribution in [0.1, 0.15) is 29.5 Å². The average molecular weight is 287 g/mol. The molecule has 4 heteroatoms. The van der Waals surface area contributed by atoms with Crippen LogP contribution in [0.3, 0.4) is 0 Å². The minimum atomic E-state index is -0.426. The van der Waals surface area contributed by atoms with Crippen LogP contribution in [0, 0.1) is 5.82 Å². The maximum Gasteiger partial charge on any atom is 0.169 e. The first-order chi connectivity index (χ1) is 10.2. The monoisotopic (exact) mass is 287 g/mol. The van der Waals surface area contributed by atoms with Crippen molar-refractivity contribution < 1.29 is 13.9 Å². The number of para-hydroxylation sites is 1. The molecule has 0 fully saturated rings. The van der Waals surface area contributed by atoms with Crippen LogP contribution >= 0.6 is 0 Å². The van der Waals surface area contributed by atoms with Crippen molar-refractivity contribution in [1.82, 2.24) is 0 Å². The zero-order chi connectivity index (χ0) is 14.8. The van der Waals surface area contributed by atoms with E-state index in [-0.39, 0.29) is 17.5 Å². The molecule has 2 aromatic carbocycles. The summed E-state index contributed by atoms with van der Waals surface area (Å²) in [6.07, 6.45) is 0.773. The third-order valence-electron chi connectivity index (χ3n) is 4.01. The SMILES string of the molecule is COc1cccc(C(N)C2CCOc3ccccc32)c1F. The molecule has 2 unspecified atom stereocenters. The molecule has 2 aromatic rings. The lowest BCUT2D eigenvalue weighted by molar-refractivity contribution is 0.254. The highest BCUT2D eigenvalue weighted by molar-refractivity contribution is 5.41. The molecular formula is C17H18FNO2. The first-order valence-corrected chi connectivity index (χ1v) is 7.02. The topological polar surface area (TPSA) is 44.5 Å². The number of methoxy groups -OCH3 is 1. The second-order valence-corrected chi connectivity index (χ2v) is 5.17. The molecule has 0 radical (unpaired) electrons. The van der Waals surface area contributed by atoms with Crippen LogP contribution in [0.15, 0.2) is 42.5 Å². The molecule has 3 nitrogen and oxygen atoms in total. The number of fused-ring (bicyclic) bond motifs is 1. The zero-order valence-corrected chi connectivity index (χ0v) is 11.9. The lowest BCUT2D eigenvalue weighted by atomic mass is 9.83. The van der Waals surface area contributed by atoms with E-state index in [2.05, 4.69) is 0 Å². The highest BCUT2D eigenvalue weighted by Crippen LogP contribution is 2.41. The molecule has 0 amide bonds. The summed E-state index contributed by atoms with van der Waals surface area (Å²) in [7, 11) is 1.46. The molecule has 0 aliphatic carbocycles. The molecule has 21 heavy (non-hydrogen) atoms. The first-order valence-electron chi connectivity index (χ1n) is 7.02. The molecule has 3 rings (SSSR count). The van der Waals surface area contributed by atoms with Gasteiger partial charge in [-0.25, -0.2) is 4.39 Å². The number of ether oxygens (including phenoxy) is 2. The van der Waals surface area contributed by atoms with E-state index in [9.17, 15) is 4.39 Å². The van der Waals surface area contributed by atoms with Gasteiger partial charge in [0.25, 0.3) is 0 Å². The Morgan fingerprint density at radius 2 is 2.05 bits per heavy atom. The van der Waals surface area contributed by atoms with Gasteiger partial charge in [-0.1, -0.05) is 30.3 Å². The van der Waals surface area contributed by atoms with Gasteiger partial charge >= 0.3 is 0 Å². The molecular weight excluding hydrogens is 269 g/mol. The van der Waals surface area contributed by atoms with E-state index in [0.29, 0.717) is 12.2 Å². The average Bonchev–Trinajstić information content (AvgIpc) is 2.54. The van der Waals surface area contributed by atoms with Gasteiger partial charge in [-0.2, -0.15) is 0 Å². The third-order valence-corrected chi connectivity index (χ3v) is 4.01. The molecule has 2 atom stereocenters. The zero-order valence-electron chi connectivity index (χ0n) is 11.9. The molecule has 2 N–H and O–H groups in total. The van der Waals surface area contributed by atoms with Crippen molar-refractivity contribution >= 4 is 0 Å². The summed E-state index contributed by atoms with van der Waals surface area (Å²) in [4.78, 5) is 0. The smallest absolute Gasteiger partial charge is 0.169 e.